The Bertz CT molecular complexity index is 712. The number of benzene rings is 2. The van der Waals surface area contributed by atoms with Gasteiger partial charge in [-0.05, 0) is 36.6 Å². The number of rotatable bonds is 5. The van der Waals surface area contributed by atoms with Crippen molar-refractivity contribution < 1.29 is 4.79 Å². The van der Waals surface area contributed by atoms with E-state index in [1.807, 2.05) is 30.3 Å². The van der Waals surface area contributed by atoms with E-state index in [2.05, 4.69) is 22.8 Å². The molecule has 1 amide bonds. The Labute approximate surface area is 147 Å². The van der Waals surface area contributed by atoms with Crippen LogP contribution in [0.1, 0.15) is 31.2 Å². The molecule has 5 heteroatoms. The fourth-order valence-electron chi connectivity index (χ4n) is 3.02. The molecule has 0 radical (unpaired) electrons. The van der Waals surface area contributed by atoms with E-state index >= 15 is 0 Å². The lowest BCUT2D eigenvalue weighted by molar-refractivity contribution is -0.121. The Morgan fingerprint density at radius 2 is 1.83 bits per heavy atom. The van der Waals surface area contributed by atoms with Crippen LogP contribution in [0.25, 0.3) is 0 Å². The molecule has 0 aromatic heterocycles. The number of amides is 1. The standard InChI is InChI=1S/C19H22ClN3O/c20-16-12-15(23-18(24)19(21)10-4-5-11-19)8-9-17(16)22-13-14-6-2-1-3-7-14/h1-3,6-9,12,22H,4-5,10-11,13,21H2,(H,23,24). The van der Waals surface area contributed by atoms with Gasteiger partial charge in [0.15, 0.2) is 0 Å². The number of nitrogens with two attached hydrogens (primary N) is 1. The van der Waals surface area contributed by atoms with Gasteiger partial charge in [-0.2, -0.15) is 0 Å². The monoisotopic (exact) mass is 343 g/mol. The first-order valence-electron chi connectivity index (χ1n) is 8.24. The summed E-state index contributed by atoms with van der Waals surface area (Å²) in [6.45, 7) is 0.693. The fourth-order valence-corrected chi connectivity index (χ4v) is 3.27. The molecule has 4 N–H and O–H groups in total. The fraction of sp³-hybridized carbons (Fsp3) is 0.316. The number of hydrogen-bond donors (Lipinski definition) is 3. The maximum atomic E-state index is 12.3. The van der Waals surface area contributed by atoms with Gasteiger partial charge < -0.3 is 16.4 Å². The molecule has 1 aliphatic rings. The van der Waals surface area contributed by atoms with Gasteiger partial charge in [-0.3, -0.25) is 4.79 Å². The molecule has 0 bridgehead atoms. The number of nitrogens with one attached hydrogen (secondary N) is 2. The minimum Gasteiger partial charge on any atom is -0.380 e. The summed E-state index contributed by atoms with van der Waals surface area (Å²) in [6.07, 6.45) is 3.49. The molecule has 1 fully saturated rings. The second kappa shape index (κ2) is 7.24. The molecule has 0 heterocycles. The number of carbonyl (C=O) groups is 1. The summed E-state index contributed by atoms with van der Waals surface area (Å²) < 4.78 is 0. The average molecular weight is 344 g/mol. The maximum absolute atomic E-state index is 12.3. The Morgan fingerprint density at radius 3 is 2.50 bits per heavy atom. The van der Waals surface area contributed by atoms with Crippen LogP contribution in [-0.2, 0) is 11.3 Å². The van der Waals surface area contributed by atoms with Crippen molar-refractivity contribution in [3.05, 3.63) is 59.1 Å². The molecule has 1 aliphatic carbocycles. The number of hydrogen-bond acceptors (Lipinski definition) is 3. The second-order valence-corrected chi connectivity index (χ2v) is 6.76. The van der Waals surface area contributed by atoms with Crippen LogP contribution in [0, 0.1) is 0 Å². The van der Waals surface area contributed by atoms with Crippen molar-refractivity contribution in [1.82, 2.24) is 0 Å². The first-order valence-corrected chi connectivity index (χ1v) is 8.62. The van der Waals surface area contributed by atoms with Gasteiger partial charge in [-0.25, -0.2) is 0 Å². The quantitative estimate of drug-likeness (QED) is 0.763. The highest BCUT2D eigenvalue weighted by atomic mass is 35.5. The van der Waals surface area contributed by atoms with Crippen LogP contribution in [0.2, 0.25) is 5.02 Å². The molecule has 1 saturated carbocycles. The summed E-state index contributed by atoms with van der Waals surface area (Å²) in [6, 6.07) is 15.6. The smallest absolute Gasteiger partial charge is 0.244 e. The van der Waals surface area contributed by atoms with Crippen molar-refractivity contribution in [2.75, 3.05) is 10.6 Å². The molecule has 3 rings (SSSR count). The van der Waals surface area contributed by atoms with Crippen LogP contribution in [0.4, 0.5) is 11.4 Å². The Balaban J connectivity index is 1.63. The van der Waals surface area contributed by atoms with Crippen molar-refractivity contribution in [3.8, 4) is 0 Å². The third kappa shape index (κ3) is 3.89. The number of anilines is 2. The molecule has 4 nitrogen and oxygen atoms in total. The molecule has 2 aromatic rings. The minimum atomic E-state index is -0.739. The van der Waals surface area contributed by atoms with Gasteiger partial charge >= 0.3 is 0 Å². The highest BCUT2D eigenvalue weighted by molar-refractivity contribution is 6.33. The van der Waals surface area contributed by atoms with Gasteiger partial charge in [0.05, 0.1) is 16.2 Å². The van der Waals surface area contributed by atoms with Crippen LogP contribution >= 0.6 is 11.6 Å². The topological polar surface area (TPSA) is 67.2 Å². The third-order valence-corrected chi connectivity index (χ3v) is 4.81. The first kappa shape index (κ1) is 16.8. The van der Waals surface area contributed by atoms with Crippen molar-refractivity contribution in [1.29, 1.82) is 0 Å². The van der Waals surface area contributed by atoms with Crippen molar-refractivity contribution in [2.45, 2.75) is 37.8 Å². The minimum absolute atomic E-state index is 0.124. The van der Waals surface area contributed by atoms with Gasteiger partial charge in [0, 0.05) is 12.2 Å². The van der Waals surface area contributed by atoms with E-state index in [1.54, 1.807) is 6.07 Å². The predicted octanol–water partition coefficient (Wildman–Crippen LogP) is 4.16. The van der Waals surface area contributed by atoms with Gasteiger partial charge in [0.1, 0.15) is 0 Å². The lowest BCUT2D eigenvalue weighted by Crippen LogP contribution is -2.48. The lowest BCUT2D eigenvalue weighted by Gasteiger charge is -2.22. The summed E-state index contributed by atoms with van der Waals surface area (Å²) >= 11 is 6.33. The summed E-state index contributed by atoms with van der Waals surface area (Å²) in [5.41, 5.74) is 8.12. The zero-order valence-electron chi connectivity index (χ0n) is 13.5. The van der Waals surface area contributed by atoms with Crippen molar-refractivity contribution in [2.24, 2.45) is 5.73 Å². The highest BCUT2D eigenvalue weighted by Crippen LogP contribution is 2.30. The molecule has 0 saturated heterocycles. The molecule has 0 unspecified atom stereocenters. The van der Waals surface area contributed by atoms with Gasteiger partial charge in [-0.1, -0.05) is 54.8 Å². The van der Waals surface area contributed by atoms with E-state index in [4.69, 9.17) is 17.3 Å². The van der Waals surface area contributed by atoms with E-state index < -0.39 is 5.54 Å². The Kier molecular flexibility index (Phi) is 5.07. The van der Waals surface area contributed by atoms with E-state index in [0.717, 1.165) is 31.4 Å². The predicted molar refractivity (Wildman–Crippen MR) is 99.2 cm³/mol. The SMILES string of the molecule is NC1(C(=O)Nc2ccc(NCc3ccccc3)c(Cl)c2)CCCC1. The van der Waals surface area contributed by atoms with Crippen molar-refractivity contribution >= 4 is 28.9 Å². The molecule has 126 valence electrons. The third-order valence-electron chi connectivity index (χ3n) is 4.50. The molecule has 0 aliphatic heterocycles. The number of halogens is 1. The van der Waals surface area contributed by atoms with Gasteiger partial charge in [0.2, 0.25) is 5.91 Å². The van der Waals surface area contributed by atoms with Gasteiger partial charge in [-0.15, -0.1) is 0 Å². The van der Waals surface area contributed by atoms with E-state index in [9.17, 15) is 4.79 Å². The second-order valence-electron chi connectivity index (χ2n) is 6.35. The molecule has 24 heavy (non-hydrogen) atoms. The normalized spacial score (nSPS) is 15.9. The maximum Gasteiger partial charge on any atom is 0.244 e. The molecule has 2 aromatic carbocycles. The van der Waals surface area contributed by atoms with Crippen LogP contribution in [0.3, 0.4) is 0 Å². The Morgan fingerprint density at radius 1 is 1.12 bits per heavy atom. The average Bonchev–Trinajstić information content (AvgIpc) is 3.03. The zero-order chi connectivity index (χ0) is 17.0. The molecule has 0 spiro atoms. The highest BCUT2D eigenvalue weighted by Gasteiger charge is 2.36. The van der Waals surface area contributed by atoms with Crippen LogP contribution in [-0.4, -0.2) is 11.4 Å². The van der Waals surface area contributed by atoms with Crippen LogP contribution < -0.4 is 16.4 Å². The molecule has 0 atom stereocenters. The van der Waals surface area contributed by atoms with E-state index in [0.29, 0.717) is 17.3 Å². The van der Waals surface area contributed by atoms with E-state index in [1.165, 1.54) is 5.56 Å². The molecular formula is C19H22ClN3O. The van der Waals surface area contributed by atoms with Crippen LogP contribution in [0.15, 0.2) is 48.5 Å². The van der Waals surface area contributed by atoms with Gasteiger partial charge in [0.25, 0.3) is 0 Å². The molecular weight excluding hydrogens is 322 g/mol. The summed E-state index contributed by atoms with van der Waals surface area (Å²) in [5, 5.41) is 6.76. The van der Waals surface area contributed by atoms with Crippen molar-refractivity contribution in [3.63, 3.8) is 0 Å². The van der Waals surface area contributed by atoms with E-state index in [-0.39, 0.29) is 5.91 Å². The Hall–Kier alpha value is -2.04. The lowest BCUT2D eigenvalue weighted by atomic mass is 9.98. The zero-order valence-corrected chi connectivity index (χ0v) is 14.3. The summed E-state index contributed by atoms with van der Waals surface area (Å²) in [4.78, 5) is 12.3. The summed E-state index contributed by atoms with van der Waals surface area (Å²) in [5.74, 6) is -0.124. The first-order chi connectivity index (χ1) is 11.6. The number of carbonyl (C=O) groups excluding carboxylic acids is 1. The largest absolute Gasteiger partial charge is 0.380 e. The van der Waals surface area contributed by atoms with Crippen LogP contribution in [0.5, 0.6) is 0 Å². The summed E-state index contributed by atoms with van der Waals surface area (Å²) in [7, 11) is 0.